The Bertz CT molecular complexity index is 244. The van der Waals surface area contributed by atoms with Crippen LogP contribution in [0.5, 0.6) is 0 Å². The second kappa shape index (κ2) is 3.52. The summed E-state index contributed by atoms with van der Waals surface area (Å²) in [7, 11) is 0. The van der Waals surface area contributed by atoms with Gasteiger partial charge in [0, 0.05) is 18.6 Å². The first-order chi connectivity index (χ1) is 6.69. The van der Waals surface area contributed by atoms with E-state index < -0.39 is 0 Å². The van der Waals surface area contributed by atoms with Crippen LogP contribution in [0.3, 0.4) is 0 Å². The normalized spacial score (nSPS) is 29.5. The fourth-order valence-electron chi connectivity index (χ4n) is 2.69. The molecule has 0 bridgehead atoms. The highest BCUT2D eigenvalue weighted by atomic mass is 15.3. The van der Waals surface area contributed by atoms with E-state index >= 15 is 0 Å². The SMILES string of the molecule is CC(C)N(C1CCNC1)C1(C#N)CC1. The molecule has 1 saturated heterocycles. The Labute approximate surface area is 86.1 Å². The molecule has 1 heterocycles. The minimum absolute atomic E-state index is 0.106. The van der Waals surface area contributed by atoms with Crippen molar-refractivity contribution in [1.82, 2.24) is 10.2 Å². The van der Waals surface area contributed by atoms with Crippen molar-refractivity contribution in [2.24, 2.45) is 0 Å². The van der Waals surface area contributed by atoms with Crippen LogP contribution < -0.4 is 5.32 Å². The van der Waals surface area contributed by atoms with Gasteiger partial charge < -0.3 is 5.32 Å². The summed E-state index contributed by atoms with van der Waals surface area (Å²) in [6.07, 6.45) is 3.33. The molecule has 2 rings (SSSR count). The van der Waals surface area contributed by atoms with Crippen LogP contribution >= 0.6 is 0 Å². The smallest absolute Gasteiger partial charge is 0.109 e. The van der Waals surface area contributed by atoms with E-state index in [1.54, 1.807) is 0 Å². The lowest BCUT2D eigenvalue weighted by atomic mass is 10.1. The predicted octanol–water partition coefficient (Wildman–Crippen LogP) is 1.11. The lowest BCUT2D eigenvalue weighted by molar-refractivity contribution is 0.118. The van der Waals surface area contributed by atoms with E-state index in [1.807, 2.05) is 0 Å². The first-order valence-electron chi connectivity index (χ1n) is 5.60. The average Bonchev–Trinajstić information content (AvgIpc) is 2.73. The van der Waals surface area contributed by atoms with Crippen molar-refractivity contribution in [2.75, 3.05) is 13.1 Å². The molecule has 0 aromatic rings. The number of nitrogens with one attached hydrogen (secondary N) is 1. The Morgan fingerprint density at radius 3 is 2.57 bits per heavy atom. The third-order valence-corrected chi connectivity index (χ3v) is 3.41. The number of nitriles is 1. The Morgan fingerprint density at radius 2 is 2.21 bits per heavy atom. The Morgan fingerprint density at radius 1 is 1.50 bits per heavy atom. The summed E-state index contributed by atoms with van der Waals surface area (Å²) in [5.41, 5.74) is -0.106. The quantitative estimate of drug-likeness (QED) is 0.730. The molecule has 78 valence electrons. The highest BCUT2D eigenvalue weighted by molar-refractivity contribution is 5.21. The van der Waals surface area contributed by atoms with Crippen LogP contribution in [0.15, 0.2) is 0 Å². The Kier molecular flexibility index (Phi) is 2.50. The number of nitrogens with zero attached hydrogens (tertiary/aromatic N) is 2. The largest absolute Gasteiger partial charge is 0.315 e. The van der Waals surface area contributed by atoms with Gasteiger partial charge in [-0.05, 0) is 39.7 Å². The van der Waals surface area contributed by atoms with Crippen LogP contribution in [0.2, 0.25) is 0 Å². The van der Waals surface area contributed by atoms with E-state index in [-0.39, 0.29) is 5.54 Å². The summed E-state index contributed by atoms with van der Waals surface area (Å²) in [5.74, 6) is 0. The maximum absolute atomic E-state index is 9.22. The highest BCUT2D eigenvalue weighted by Crippen LogP contribution is 2.44. The third kappa shape index (κ3) is 1.53. The summed E-state index contributed by atoms with van der Waals surface area (Å²) in [4.78, 5) is 2.44. The van der Waals surface area contributed by atoms with Crippen LogP contribution in [-0.2, 0) is 0 Å². The molecule has 0 spiro atoms. The minimum Gasteiger partial charge on any atom is -0.315 e. The molecule has 1 atom stereocenters. The van der Waals surface area contributed by atoms with Crippen LogP contribution in [-0.4, -0.2) is 35.6 Å². The van der Waals surface area contributed by atoms with Crippen molar-refractivity contribution in [1.29, 1.82) is 5.26 Å². The van der Waals surface area contributed by atoms with Gasteiger partial charge in [-0.1, -0.05) is 0 Å². The van der Waals surface area contributed by atoms with Crippen LogP contribution in [0.4, 0.5) is 0 Å². The molecular weight excluding hydrogens is 174 g/mol. The summed E-state index contributed by atoms with van der Waals surface area (Å²) in [5, 5.41) is 12.6. The molecule has 1 N–H and O–H groups in total. The van der Waals surface area contributed by atoms with E-state index in [0.717, 1.165) is 25.9 Å². The number of rotatable bonds is 3. The van der Waals surface area contributed by atoms with Gasteiger partial charge in [0.2, 0.25) is 0 Å². The summed E-state index contributed by atoms with van der Waals surface area (Å²) >= 11 is 0. The van der Waals surface area contributed by atoms with Gasteiger partial charge in [0.25, 0.3) is 0 Å². The molecule has 14 heavy (non-hydrogen) atoms. The first kappa shape index (κ1) is 9.95. The molecular formula is C11H19N3. The molecule has 1 saturated carbocycles. The minimum atomic E-state index is -0.106. The molecule has 0 amide bonds. The molecule has 2 aliphatic rings. The maximum Gasteiger partial charge on any atom is 0.109 e. The Hall–Kier alpha value is -0.590. The first-order valence-corrected chi connectivity index (χ1v) is 5.60. The van der Waals surface area contributed by atoms with Crippen molar-refractivity contribution in [3.63, 3.8) is 0 Å². The molecule has 0 aromatic heterocycles. The zero-order valence-corrected chi connectivity index (χ0v) is 9.08. The van der Waals surface area contributed by atoms with Crippen LogP contribution in [0.1, 0.15) is 33.1 Å². The maximum atomic E-state index is 9.22. The molecule has 2 fully saturated rings. The van der Waals surface area contributed by atoms with Crippen molar-refractivity contribution in [2.45, 2.75) is 50.7 Å². The molecule has 1 aliphatic heterocycles. The van der Waals surface area contributed by atoms with Gasteiger partial charge in [-0.2, -0.15) is 5.26 Å². The second-order valence-electron chi connectivity index (χ2n) is 4.79. The van der Waals surface area contributed by atoms with Crippen molar-refractivity contribution < 1.29 is 0 Å². The molecule has 1 aliphatic carbocycles. The highest BCUT2D eigenvalue weighted by Gasteiger charge is 2.52. The van der Waals surface area contributed by atoms with Gasteiger partial charge in [0.15, 0.2) is 0 Å². The lowest BCUT2D eigenvalue weighted by Crippen LogP contribution is -2.49. The van der Waals surface area contributed by atoms with Crippen molar-refractivity contribution in [3.8, 4) is 6.07 Å². The average molecular weight is 193 g/mol. The van der Waals surface area contributed by atoms with Gasteiger partial charge in [-0.15, -0.1) is 0 Å². The van der Waals surface area contributed by atoms with Gasteiger partial charge in [-0.25, -0.2) is 0 Å². The third-order valence-electron chi connectivity index (χ3n) is 3.41. The van der Waals surface area contributed by atoms with Gasteiger partial charge in [0.05, 0.1) is 6.07 Å². The summed E-state index contributed by atoms with van der Waals surface area (Å²) in [6.45, 7) is 6.57. The topological polar surface area (TPSA) is 39.1 Å². The molecule has 1 unspecified atom stereocenters. The van der Waals surface area contributed by atoms with Gasteiger partial charge in [-0.3, -0.25) is 4.90 Å². The van der Waals surface area contributed by atoms with Crippen molar-refractivity contribution in [3.05, 3.63) is 0 Å². The standard InChI is InChI=1S/C11H19N3/c1-9(2)14(10-3-6-13-7-10)11(8-12)4-5-11/h9-10,13H,3-7H2,1-2H3. The van der Waals surface area contributed by atoms with Crippen LogP contribution in [0, 0.1) is 11.3 Å². The summed E-state index contributed by atoms with van der Waals surface area (Å²) in [6, 6.07) is 3.58. The fraction of sp³-hybridized carbons (Fsp3) is 0.909. The van der Waals surface area contributed by atoms with E-state index in [1.165, 1.54) is 6.42 Å². The van der Waals surface area contributed by atoms with Gasteiger partial charge >= 0.3 is 0 Å². The molecule has 3 nitrogen and oxygen atoms in total. The van der Waals surface area contributed by atoms with Crippen molar-refractivity contribution >= 4 is 0 Å². The van der Waals surface area contributed by atoms with E-state index in [4.69, 9.17) is 0 Å². The molecule has 0 aromatic carbocycles. The zero-order valence-electron chi connectivity index (χ0n) is 9.08. The predicted molar refractivity (Wildman–Crippen MR) is 55.8 cm³/mol. The molecule has 3 heteroatoms. The van der Waals surface area contributed by atoms with Gasteiger partial charge in [0.1, 0.15) is 5.54 Å². The Balaban J connectivity index is 2.12. The zero-order chi connectivity index (χ0) is 10.2. The second-order valence-corrected chi connectivity index (χ2v) is 4.79. The summed E-state index contributed by atoms with van der Waals surface area (Å²) < 4.78 is 0. The monoisotopic (exact) mass is 193 g/mol. The number of hydrogen-bond acceptors (Lipinski definition) is 3. The van der Waals surface area contributed by atoms with E-state index in [9.17, 15) is 5.26 Å². The van der Waals surface area contributed by atoms with E-state index in [2.05, 4.69) is 30.1 Å². The fourth-order valence-corrected chi connectivity index (χ4v) is 2.69. The lowest BCUT2D eigenvalue weighted by Gasteiger charge is -2.36. The molecule has 0 radical (unpaired) electrons. The van der Waals surface area contributed by atoms with Crippen LogP contribution in [0.25, 0.3) is 0 Å². The number of hydrogen-bond donors (Lipinski definition) is 1. The van der Waals surface area contributed by atoms with E-state index in [0.29, 0.717) is 12.1 Å².